The highest BCUT2D eigenvalue weighted by Crippen LogP contribution is 2.14. The lowest BCUT2D eigenvalue weighted by Crippen LogP contribution is -2.07. The first-order chi connectivity index (χ1) is 6.15. The van der Waals surface area contributed by atoms with E-state index in [4.69, 9.17) is 4.42 Å². The monoisotopic (exact) mass is 180 g/mol. The third-order valence-corrected chi connectivity index (χ3v) is 1.71. The molecule has 70 valence electrons. The van der Waals surface area contributed by atoms with Gasteiger partial charge in [-0.3, -0.25) is 0 Å². The van der Waals surface area contributed by atoms with Crippen LogP contribution in [0.15, 0.2) is 27.4 Å². The van der Waals surface area contributed by atoms with Crippen molar-refractivity contribution in [2.45, 2.75) is 20.3 Å². The molecule has 3 heteroatoms. The van der Waals surface area contributed by atoms with Crippen LogP contribution < -0.4 is 5.63 Å². The van der Waals surface area contributed by atoms with Gasteiger partial charge in [0.05, 0.1) is 5.56 Å². The van der Waals surface area contributed by atoms with Crippen LogP contribution in [0.25, 0.3) is 0 Å². The van der Waals surface area contributed by atoms with Gasteiger partial charge in [0.1, 0.15) is 11.5 Å². The van der Waals surface area contributed by atoms with Crippen molar-refractivity contribution in [1.82, 2.24) is 0 Å². The van der Waals surface area contributed by atoms with E-state index < -0.39 is 5.63 Å². The van der Waals surface area contributed by atoms with Crippen molar-refractivity contribution in [3.05, 3.63) is 40.0 Å². The van der Waals surface area contributed by atoms with Crippen molar-refractivity contribution in [3.63, 3.8) is 0 Å². The van der Waals surface area contributed by atoms with Crippen molar-refractivity contribution in [3.8, 4) is 5.75 Å². The molecule has 0 spiro atoms. The van der Waals surface area contributed by atoms with E-state index in [9.17, 15) is 9.90 Å². The summed E-state index contributed by atoms with van der Waals surface area (Å²) in [7, 11) is 0. The van der Waals surface area contributed by atoms with Crippen molar-refractivity contribution < 1.29 is 9.52 Å². The second-order valence-electron chi connectivity index (χ2n) is 2.78. The van der Waals surface area contributed by atoms with Gasteiger partial charge in [0.25, 0.3) is 0 Å². The van der Waals surface area contributed by atoms with Crippen molar-refractivity contribution in [1.29, 1.82) is 0 Å². The molecule has 0 aliphatic heterocycles. The molecular weight excluding hydrogens is 168 g/mol. The molecule has 0 aromatic carbocycles. The lowest BCUT2D eigenvalue weighted by Gasteiger charge is -1.99. The van der Waals surface area contributed by atoms with Crippen LogP contribution in [-0.2, 0) is 6.42 Å². The topological polar surface area (TPSA) is 50.4 Å². The van der Waals surface area contributed by atoms with Crippen molar-refractivity contribution >= 4 is 0 Å². The smallest absolute Gasteiger partial charge is 0.343 e. The fourth-order valence-corrected chi connectivity index (χ4v) is 1.05. The SMILES string of the molecule is C/C=C/Cc1c(O)cc(C)oc1=O. The number of rotatable bonds is 2. The Morgan fingerprint density at radius 3 is 2.85 bits per heavy atom. The largest absolute Gasteiger partial charge is 0.507 e. The summed E-state index contributed by atoms with van der Waals surface area (Å²) in [5.74, 6) is 0.429. The Labute approximate surface area is 76.3 Å². The molecule has 1 N–H and O–H groups in total. The fourth-order valence-electron chi connectivity index (χ4n) is 1.05. The van der Waals surface area contributed by atoms with Gasteiger partial charge in [-0.05, 0) is 13.8 Å². The van der Waals surface area contributed by atoms with Gasteiger partial charge in [0.15, 0.2) is 0 Å². The van der Waals surface area contributed by atoms with Crippen LogP contribution in [0.2, 0.25) is 0 Å². The van der Waals surface area contributed by atoms with Crippen LogP contribution in [0.5, 0.6) is 5.75 Å². The molecule has 1 rings (SSSR count). The van der Waals surface area contributed by atoms with Gasteiger partial charge in [0, 0.05) is 12.5 Å². The minimum Gasteiger partial charge on any atom is -0.507 e. The zero-order valence-corrected chi connectivity index (χ0v) is 7.70. The van der Waals surface area contributed by atoms with Crippen molar-refractivity contribution in [2.24, 2.45) is 0 Å². The highest BCUT2D eigenvalue weighted by Gasteiger charge is 2.06. The average molecular weight is 180 g/mol. The minimum atomic E-state index is -0.462. The molecule has 1 aromatic rings. The molecule has 0 saturated heterocycles. The highest BCUT2D eigenvalue weighted by molar-refractivity contribution is 5.31. The second kappa shape index (κ2) is 3.94. The molecule has 1 heterocycles. The van der Waals surface area contributed by atoms with Crippen LogP contribution >= 0.6 is 0 Å². The number of hydrogen-bond donors (Lipinski definition) is 1. The third kappa shape index (κ3) is 2.21. The quantitative estimate of drug-likeness (QED) is 0.705. The normalized spacial score (nSPS) is 10.9. The Morgan fingerprint density at radius 1 is 1.62 bits per heavy atom. The molecule has 0 bridgehead atoms. The summed E-state index contributed by atoms with van der Waals surface area (Å²) in [6.45, 7) is 3.48. The van der Waals surface area contributed by atoms with E-state index >= 15 is 0 Å². The average Bonchev–Trinajstić information content (AvgIpc) is 2.02. The number of allylic oxidation sites excluding steroid dienone is 2. The van der Waals surface area contributed by atoms with E-state index in [-0.39, 0.29) is 5.75 Å². The predicted octanol–water partition coefficient (Wildman–Crippen LogP) is 1.77. The predicted molar refractivity (Wildman–Crippen MR) is 49.9 cm³/mol. The Balaban J connectivity index is 3.13. The van der Waals surface area contributed by atoms with Gasteiger partial charge < -0.3 is 9.52 Å². The molecule has 0 saturated carbocycles. The zero-order chi connectivity index (χ0) is 9.84. The Bertz CT molecular complexity index is 374. The van der Waals surface area contributed by atoms with E-state index in [0.717, 1.165) is 0 Å². The number of hydrogen-bond acceptors (Lipinski definition) is 3. The van der Waals surface area contributed by atoms with Crippen LogP contribution in [0, 0.1) is 6.92 Å². The van der Waals surface area contributed by atoms with E-state index in [1.165, 1.54) is 6.07 Å². The first-order valence-corrected chi connectivity index (χ1v) is 4.09. The first kappa shape index (κ1) is 9.58. The molecule has 13 heavy (non-hydrogen) atoms. The van der Waals surface area contributed by atoms with Gasteiger partial charge in [-0.15, -0.1) is 0 Å². The first-order valence-electron chi connectivity index (χ1n) is 4.09. The van der Waals surface area contributed by atoms with E-state index in [1.807, 2.05) is 13.0 Å². The molecule has 0 aliphatic carbocycles. The standard InChI is InChI=1S/C10H12O3/c1-3-4-5-8-9(11)6-7(2)13-10(8)12/h3-4,6,11H,5H2,1-2H3/b4-3+. The number of aryl methyl sites for hydroxylation is 1. The summed E-state index contributed by atoms with van der Waals surface area (Å²) in [5.41, 5.74) is -0.153. The van der Waals surface area contributed by atoms with Gasteiger partial charge in [-0.1, -0.05) is 12.2 Å². The van der Waals surface area contributed by atoms with Gasteiger partial charge >= 0.3 is 5.63 Å². The second-order valence-corrected chi connectivity index (χ2v) is 2.78. The molecule has 0 atom stereocenters. The molecule has 0 amide bonds. The fraction of sp³-hybridized carbons (Fsp3) is 0.300. The van der Waals surface area contributed by atoms with E-state index in [0.29, 0.717) is 17.7 Å². The molecule has 0 unspecified atom stereocenters. The maximum atomic E-state index is 11.2. The summed E-state index contributed by atoms with van der Waals surface area (Å²) in [6.07, 6.45) is 4.02. The minimum absolute atomic E-state index is 0.00634. The van der Waals surface area contributed by atoms with Crippen LogP contribution in [0.4, 0.5) is 0 Å². The van der Waals surface area contributed by atoms with Crippen LogP contribution in [-0.4, -0.2) is 5.11 Å². The van der Waals surface area contributed by atoms with Crippen molar-refractivity contribution in [2.75, 3.05) is 0 Å². The highest BCUT2D eigenvalue weighted by atomic mass is 16.4. The zero-order valence-electron chi connectivity index (χ0n) is 7.70. The van der Waals surface area contributed by atoms with E-state index in [1.54, 1.807) is 13.0 Å². The van der Waals surface area contributed by atoms with Gasteiger partial charge in [0.2, 0.25) is 0 Å². The summed E-state index contributed by atoms with van der Waals surface area (Å²) < 4.78 is 4.84. The Morgan fingerprint density at radius 2 is 2.31 bits per heavy atom. The maximum Gasteiger partial charge on any atom is 0.343 e. The lowest BCUT2D eigenvalue weighted by atomic mass is 10.2. The molecule has 3 nitrogen and oxygen atoms in total. The summed E-state index contributed by atoms with van der Waals surface area (Å²) in [6, 6.07) is 1.44. The molecule has 0 aliphatic rings. The molecule has 0 fully saturated rings. The summed E-state index contributed by atoms with van der Waals surface area (Å²) >= 11 is 0. The summed E-state index contributed by atoms with van der Waals surface area (Å²) in [4.78, 5) is 11.2. The Kier molecular flexibility index (Phi) is 2.90. The third-order valence-electron chi connectivity index (χ3n) is 1.71. The Hall–Kier alpha value is -1.51. The maximum absolute atomic E-state index is 11.2. The molecule has 0 radical (unpaired) electrons. The van der Waals surface area contributed by atoms with Crippen LogP contribution in [0.3, 0.4) is 0 Å². The number of aromatic hydroxyl groups is 1. The summed E-state index contributed by atoms with van der Waals surface area (Å²) in [5, 5.41) is 9.40. The molecule has 1 aromatic heterocycles. The van der Waals surface area contributed by atoms with Crippen LogP contribution in [0.1, 0.15) is 18.2 Å². The van der Waals surface area contributed by atoms with E-state index in [2.05, 4.69) is 0 Å². The molecular formula is C10H12O3. The van der Waals surface area contributed by atoms with Gasteiger partial charge in [-0.25, -0.2) is 4.79 Å². The lowest BCUT2D eigenvalue weighted by molar-refractivity contribution is 0.425. The van der Waals surface area contributed by atoms with Gasteiger partial charge in [-0.2, -0.15) is 0 Å².